The molecule has 9 nitrogen and oxygen atoms in total. The molecule has 4 unspecified atom stereocenters. The zero-order valence-corrected chi connectivity index (χ0v) is 35.7. The summed E-state index contributed by atoms with van der Waals surface area (Å²) in [6.07, 6.45) is 14.6. The number of esters is 1. The topological polar surface area (TPSA) is 113 Å². The molecule has 0 amide bonds. The minimum Gasteiger partial charge on any atom is -0.462 e. The van der Waals surface area contributed by atoms with Gasteiger partial charge in [0.25, 0.3) is 0 Å². The van der Waals surface area contributed by atoms with E-state index in [2.05, 4.69) is 61.1 Å². The Morgan fingerprint density at radius 3 is 2.20 bits per heavy atom. The quantitative estimate of drug-likeness (QED) is 0.0706. The van der Waals surface area contributed by atoms with Crippen LogP contribution in [0.1, 0.15) is 109 Å². The van der Waals surface area contributed by atoms with Gasteiger partial charge in [0.15, 0.2) is 0 Å². The molecule has 0 aliphatic carbocycles. The van der Waals surface area contributed by atoms with E-state index in [0.717, 1.165) is 60.9 Å². The lowest BCUT2D eigenvalue weighted by Gasteiger charge is -2.36. The zero-order chi connectivity index (χ0) is 41.9. The third-order valence-electron chi connectivity index (χ3n) is 9.95. The Bertz CT molecular complexity index is 1420. The first-order valence-electron chi connectivity index (χ1n) is 20.0. The lowest BCUT2D eigenvalue weighted by atomic mass is 9.83. The molecule has 308 valence electrons. The summed E-state index contributed by atoms with van der Waals surface area (Å²) in [5.41, 5.74) is 1.09. The number of β-amino-alcohol motifs (C(OH)–C–C–N with tert-alkyl or cyclic N) is 1. The second-order valence-corrected chi connectivity index (χ2v) is 14.8. The number of aldehydes is 1. The molecule has 2 aromatic rings. The number of likely N-dealkylation sites (tertiary alicyclic amines) is 2. The smallest absolute Gasteiger partial charge is 0.302 e. The molecular formula is C46H73N3O6. The van der Waals surface area contributed by atoms with Crippen molar-refractivity contribution in [2.24, 2.45) is 17.8 Å². The second-order valence-electron chi connectivity index (χ2n) is 14.8. The van der Waals surface area contributed by atoms with Crippen LogP contribution in [-0.4, -0.2) is 84.0 Å². The van der Waals surface area contributed by atoms with Crippen molar-refractivity contribution in [3.63, 3.8) is 0 Å². The molecule has 9 heteroatoms. The maximum atomic E-state index is 11.3. The standard InChI is InChI=1S/C18H28N2O.C11H17NO4.C8H8O.C7H14.C2H6/c1-15-8-10-20(11-9-15)13-17-12-19(2)14-18(17,21)16-6-4-3-5-7-16;1-4-7-11(3,12(14)15)8-5-6-9-16-10(2)13;1-7-4-2-3-5-8(7)6-9;1-4-6-7(3)5-2;1-2/h3-7,15,17,21H,8-14H2,1-2H3;4-7H,8-9H2,1-3H3;2-6H,1H3;4,7H,1,5-6H2,2-3H3;1-2H3/b;6-5+,7-4-;;;. The molecule has 2 aliphatic heterocycles. The summed E-state index contributed by atoms with van der Waals surface area (Å²) in [6, 6.07) is 17.7. The monoisotopic (exact) mass is 764 g/mol. The van der Waals surface area contributed by atoms with Gasteiger partial charge in [0.1, 0.15) is 18.5 Å². The van der Waals surface area contributed by atoms with Crippen molar-refractivity contribution in [1.82, 2.24) is 9.80 Å². The molecule has 2 aliphatic rings. The van der Waals surface area contributed by atoms with Crippen molar-refractivity contribution in [2.45, 2.75) is 106 Å². The highest BCUT2D eigenvalue weighted by atomic mass is 16.6. The number of aryl methyl sites for hydroxylation is 1. The molecule has 2 fully saturated rings. The van der Waals surface area contributed by atoms with E-state index in [-0.39, 0.29) is 23.9 Å². The number of nitrogens with zero attached hydrogens (tertiary/aromatic N) is 3. The predicted molar refractivity (Wildman–Crippen MR) is 229 cm³/mol. The van der Waals surface area contributed by atoms with Crippen LogP contribution < -0.4 is 0 Å². The summed E-state index contributed by atoms with van der Waals surface area (Å²) in [5.74, 6) is 1.63. The number of likely N-dealkylation sites (N-methyl/N-ethyl adjacent to an activating group) is 1. The number of carbonyl (C=O) groups excluding carboxylic acids is 2. The molecule has 0 radical (unpaired) electrons. The zero-order valence-electron chi connectivity index (χ0n) is 35.7. The number of allylic oxidation sites excluding steroid dienone is 2. The molecular weight excluding hydrogens is 691 g/mol. The van der Waals surface area contributed by atoms with Crippen LogP contribution in [0.2, 0.25) is 0 Å². The highest BCUT2D eigenvalue weighted by molar-refractivity contribution is 5.76. The number of hydrogen-bond donors (Lipinski definition) is 1. The summed E-state index contributed by atoms with van der Waals surface area (Å²) in [6.45, 7) is 26.2. The van der Waals surface area contributed by atoms with Gasteiger partial charge in [-0.2, -0.15) is 0 Å². The van der Waals surface area contributed by atoms with E-state index in [1.54, 1.807) is 38.2 Å². The highest BCUT2D eigenvalue weighted by Crippen LogP contribution is 2.37. The van der Waals surface area contributed by atoms with E-state index in [4.69, 9.17) is 0 Å². The number of piperidine rings is 1. The van der Waals surface area contributed by atoms with Gasteiger partial charge in [-0.3, -0.25) is 19.7 Å². The first-order valence-corrected chi connectivity index (χ1v) is 20.0. The van der Waals surface area contributed by atoms with E-state index in [1.165, 1.54) is 39.3 Å². The molecule has 4 atom stereocenters. The van der Waals surface area contributed by atoms with Gasteiger partial charge in [-0.25, -0.2) is 0 Å². The minimum absolute atomic E-state index is 0.152. The predicted octanol–water partition coefficient (Wildman–Crippen LogP) is 9.72. The molecule has 0 bridgehead atoms. The Kier molecular flexibility index (Phi) is 26.5. The maximum Gasteiger partial charge on any atom is 0.302 e. The van der Waals surface area contributed by atoms with Gasteiger partial charge >= 0.3 is 5.97 Å². The lowest BCUT2D eigenvalue weighted by molar-refractivity contribution is -0.549. The van der Waals surface area contributed by atoms with Crippen LogP contribution in [0.4, 0.5) is 0 Å². The molecule has 4 rings (SSSR count). The average Bonchev–Trinajstić information content (AvgIpc) is 3.47. The Morgan fingerprint density at radius 2 is 1.73 bits per heavy atom. The van der Waals surface area contributed by atoms with Crippen LogP contribution >= 0.6 is 0 Å². The van der Waals surface area contributed by atoms with Crippen LogP contribution in [0.15, 0.2) is 91.6 Å². The Balaban J connectivity index is 0.000000756. The first kappa shape index (κ1) is 51.1. The number of aliphatic hydroxyl groups is 1. The van der Waals surface area contributed by atoms with E-state index < -0.39 is 11.1 Å². The van der Waals surface area contributed by atoms with E-state index in [1.807, 2.05) is 69.3 Å². The third kappa shape index (κ3) is 20.0. The van der Waals surface area contributed by atoms with Crippen LogP contribution in [0, 0.1) is 34.8 Å². The van der Waals surface area contributed by atoms with Crippen molar-refractivity contribution in [3.8, 4) is 0 Å². The summed E-state index contributed by atoms with van der Waals surface area (Å²) in [7, 11) is 2.12. The van der Waals surface area contributed by atoms with Crippen molar-refractivity contribution < 1.29 is 24.4 Å². The Hall–Kier alpha value is -3.92. The molecule has 0 aromatic heterocycles. The van der Waals surface area contributed by atoms with Gasteiger partial charge in [-0.15, -0.1) is 6.58 Å². The maximum absolute atomic E-state index is 11.3. The minimum atomic E-state index is -1.10. The van der Waals surface area contributed by atoms with E-state index >= 15 is 0 Å². The fourth-order valence-corrected chi connectivity index (χ4v) is 6.24. The summed E-state index contributed by atoms with van der Waals surface area (Å²) in [5, 5.41) is 22.1. The normalized spacial score (nSPS) is 20.2. The number of carbonyl (C=O) groups is 2. The number of ether oxygens (including phenoxy) is 1. The lowest BCUT2D eigenvalue weighted by Crippen LogP contribution is -2.44. The largest absolute Gasteiger partial charge is 0.462 e. The van der Waals surface area contributed by atoms with Gasteiger partial charge in [-0.1, -0.05) is 120 Å². The van der Waals surface area contributed by atoms with Crippen LogP contribution in [-0.2, 0) is 15.1 Å². The molecule has 2 saturated heterocycles. The first-order chi connectivity index (χ1) is 26.1. The molecule has 2 aromatic carbocycles. The van der Waals surface area contributed by atoms with Gasteiger partial charge in [0, 0.05) is 56.3 Å². The van der Waals surface area contributed by atoms with Gasteiger partial charge < -0.3 is 19.6 Å². The third-order valence-corrected chi connectivity index (χ3v) is 9.95. The summed E-state index contributed by atoms with van der Waals surface area (Å²) in [4.78, 5) is 36.0. The van der Waals surface area contributed by atoms with Crippen LogP contribution in [0.3, 0.4) is 0 Å². The molecule has 0 saturated carbocycles. The second kappa shape index (κ2) is 28.5. The molecule has 0 spiro atoms. The summed E-state index contributed by atoms with van der Waals surface area (Å²) >= 11 is 0. The Morgan fingerprint density at radius 1 is 1.13 bits per heavy atom. The van der Waals surface area contributed by atoms with Gasteiger partial charge in [-0.05, 0) is 82.3 Å². The number of nitro groups is 1. The van der Waals surface area contributed by atoms with Crippen LogP contribution in [0.25, 0.3) is 0 Å². The number of rotatable bonds is 13. The molecule has 55 heavy (non-hydrogen) atoms. The Labute approximate surface area is 333 Å². The van der Waals surface area contributed by atoms with Crippen molar-refractivity contribution in [1.29, 1.82) is 0 Å². The molecule has 1 N–H and O–H groups in total. The fourth-order valence-electron chi connectivity index (χ4n) is 6.24. The van der Waals surface area contributed by atoms with Crippen LogP contribution in [0.5, 0.6) is 0 Å². The summed E-state index contributed by atoms with van der Waals surface area (Å²) < 4.78 is 4.66. The number of benzene rings is 2. The molecule has 2 heterocycles. The van der Waals surface area contributed by atoms with E-state index in [9.17, 15) is 24.8 Å². The average molecular weight is 764 g/mol. The van der Waals surface area contributed by atoms with Crippen molar-refractivity contribution in [3.05, 3.63) is 118 Å². The van der Waals surface area contributed by atoms with Gasteiger partial charge in [0.05, 0.1) is 0 Å². The highest BCUT2D eigenvalue weighted by Gasteiger charge is 2.45. The number of hydrogen-bond acceptors (Lipinski definition) is 8. The fraction of sp³-hybridized carbons (Fsp3) is 0.565. The van der Waals surface area contributed by atoms with Crippen molar-refractivity contribution in [2.75, 3.05) is 46.4 Å². The van der Waals surface area contributed by atoms with E-state index in [0.29, 0.717) is 5.92 Å². The van der Waals surface area contributed by atoms with Gasteiger partial charge in [0.2, 0.25) is 5.54 Å². The van der Waals surface area contributed by atoms with Crippen molar-refractivity contribution >= 4 is 12.3 Å². The SMILES string of the molecule is C/C=C\C(C)(C/C=C/COC(C)=O)[N+](=O)[O-].C=CCC(C)CC.CC.CC1CCN(CC2CN(C)CC2(O)c2ccccc2)CC1.Cc1ccccc1C=O.